The lowest BCUT2D eigenvalue weighted by atomic mass is 10.2. The maximum Gasteiger partial charge on any atom is 0.237 e. The van der Waals surface area contributed by atoms with Crippen molar-refractivity contribution in [2.75, 3.05) is 20.1 Å². The van der Waals surface area contributed by atoms with Gasteiger partial charge in [-0.15, -0.1) is 11.3 Å². The predicted octanol–water partition coefficient (Wildman–Crippen LogP) is 4.02. The Morgan fingerprint density at radius 1 is 1.26 bits per heavy atom. The Hall–Kier alpha value is -1.43. The first-order chi connectivity index (χ1) is 11.0. The van der Waals surface area contributed by atoms with Crippen LogP contribution in [0.15, 0.2) is 36.4 Å². The van der Waals surface area contributed by atoms with Crippen molar-refractivity contribution in [3.63, 3.8) is 0 Å². The first-order valence-corrected chi connectivity index (χ1v) is 8.62. The summed E-state index contributed by atoms with van der Waals surface area (Å²) in [5.74, 6) is -0.250. The molecule has 1 aromatic carbocycles. The molecular weight excluding hydrogens is 335 g/mol. The van der Waals surface area contributed by atoms with E-state index < -0.39 is 0 Å². The topological polar surface area (TPSA) is 23.6 Å². The monoisotopic (exact) mass is 354 g/mol. The van der Waals surface area contributed by atoms with Crippen LogP contribution in [0.25, 0.3) is 0 Å². The fourth-order valence-electron chi connectivity index (χ4n) is 2.32. The van der Waals surface area contributed by atoms with Crippen LogP contribution >= 0.6 is 22.9 Å². The minimum absolute atomic E-state index is 0.0296. The van der Waals surface area contributed by atoms with Crippen LogP contribution in [-0.4, -0.2) is 35.8 Å². The van der Waals surface area contributed by atoms with Crippen LogP contribution in [0, 0.1) is 5.82 Å². The molecule has 0 aliphatic heterocycles. The third-order valence-corrected chi connectivity index (χ3v) is 4.67. The second kappa shape index (κ2) is 8.43. The molecule has 2 rings (SSSR count). The summed E-state index contributed by atoms with van der Waals surface area (Å²) in [6, 6.07) is 10.2. The summed E-state index contributed by atoms with van der Waals surface area (Å²) in [6.07, 6.45) is 0. The van der Waals surface area contributed by atoms with Gasteiger partial charge in [0.05, 0.1) is 10.9 Å². The molecule has 2 aromatic rings. The first kappa shape index (κ1) is 17.9. The highest BCUT2D eigenvalue weighted by Crippen LogP contribution is 2.22. The number of benzene rings is 1. The van der Waals surface area contributed by atoms with E-state index in [2.05, 4.69) is 0 Å². The number of thiophene rings is 1. The lowest BCUT2D eigenvalue weighted by Gasteiger charge is -2.24. The number of halogens is 2. The zero-order chi connectivity index (χ0) is 16.8. The van der Waals surface area contributed by atoms with Crippen LogP contribution in [0.2, 0.25) is 4.34 Å². The molecule has 1 heterocycles. The van der Waals surface area contributed by atoms with Crippen molar-refractivity contribution in [2.45, 2.75) is 20.0 Å². The minimum Gasteiger partial charge on any atom is -0.338 e. The molecule has 0 saturated heterocycles. The van der Waals surface area contributed by atoms with Crippen LogP contribution in [0.5, 0.6) is 0 Å². The van der Waals surface area contributed by atoms with Crippen molar-refractivity contribution >= 4 is 28.8 Å². The third kappa shape index (κ3) is 5.61. The van der Waals surface area contributed by atoms with Gasteiger partial charge in [0.1, 0.15) is 5.82 Å². The number of hydrogen-bond donors (Lipinski definition) is 0. The molecule has 0 bridgehead atoms. The number of nitrogens with zero attached hydrogens (tertiary/aromatic N) is 2. The number of amides is 1. The van der Waals surface area contributed by atoms with Crippen molar-refractivity contribution < 1.29 is 9.18 Å². The number of hydrogen-bond acceptors (Lipinski definition) is 3. The Bertz CT molecular complexity index is 662. The molecule has 1 aromatic heterocycles. The zero-order valence-corrected chi connectivity index (χ0v) is 14.8. The van der Waals surface area contributed by atoms with Gasteiger partial charge in [0.2, 0.25) is 5.91 Å². The number of likely N-dealkylation sites (N-methyl/N-ethyl adjacent to an activating group) is 2. The summed E-state index contributed by atoms with van der Waals surface area (Å²) in [6.45, 7) is 3.94. The average Bonchev–Trinajstić information content (AvgIpc) is 2.89. The first-order valence-electron chi connectivity index (χ1n) is 7.43. The van der Waals surface area contributed by atoms with Crippen LogP contribution in [0.1, 0.15) is 17.4 Å². The van der Waals surface area contributed by atoms with Gasteiger partial charge in [0, 0.05) is 24.5 Å². The third-order valence-electron chi connectivity index (χ3n) is 3.46. The minimum atomic E-state index is -0.280. The number of carbonyl (C=O) groups is 1. The van der Waals surface area contributed by atoms with Crippen molar-refractivity contribution in [1.29, 1.82) is 0 Å². The highest BCUT2D eigenvalue weighted by atomic mass is 35.5. The van der Waals surface area contributed by atoms with Crippen LogP contribution in [0.3, 0.4) is 0 Å². The fraction of sp³-hybridized carbons (Fsp3) is 0.353. The quantitative estimate of drug-likeness (QED) is 0.749. The highest BCUT2D eigenvalue weighted by molar-refractivity contribution is 7.16. The maximum absolute atomic E-state index is 13.3. The molecule has 0 unspecified atom stereocenters. The molecule has 3 nitrogen and oxygen atoms in total. The molecule has 0 aliphatic rings. The Balaban J connectivity index is 1.91. The van der Waals surface area contributed by atoms with Crippen LogP contribution < -0.4 is 0 Å². The van der Waals surface area contributed by atoms with E-state index in [0.29, 0.717) is 26.2 Å². The number of rotatable bonds is 7. The van der Waals surface area contributed by atoms with Crippen molar-refractivity contribution in [3.05, 3.63) is 57.0 Å². The Kier molecular flexibility index (Phi) is 6.57. The normalized spacial score (nSPS) is 11.0. The smallest absolute Gasteiger partial charge is 0.237 e. The molecule has 0 atom stereocenters. The standard InChI is InChI=1S/C17H20ClFN2OS/c1-3-21(10-13-5-4-6-14(19)9-13)17(22)12-20(2)11-15-7-8-16(18)23-15/h4-9H,3,10-12H2,1-2H3. The Morgan fingerprint density at radius 2 is 2.04 bits per heavy atom. The Labute approximate surface area is 145 Å². The van der Waals surface area contributed by atoms with Gasteiger partial charge in [0.25, 0.3) is 0 Å². The Morgan fingerprint density at radius 3 is 2.65 bits per heavy atom. The van der Waals surface area contributed by atoms with Gasteiger partial charge in [0.15, 0.2) is 0 Å². The van der Waals surface area contributed by atoms with Crippen LogP contribution in [0.4, 0.5) is 4.39 Å². The molecule has 0 saturated carbocycles. The lowest BCUT2D eigenvalue weighted by molar-refractivity contribution is -0.132. The number of carbonyl (C=O) groups excluding carboxylic acids is 1. The molecule has 0 aliphatic carbocycles. The van der Waals surface area contributed by atoms with E-state index in [9.17, 15) is 9.18 Å². The van der Waals surface area contributed by atoms with E-state index in [1.807, 2.05) is 37.1 Å². The summed E-state index contributed by atoms with van der Waals surface area (Å²) in [5, 5.41) is 0. The van der Waals surface area contributed by atoms with Gasteiger partial charge >= 0.3 is 0 Å². The van der Waals surface area contributed by atoms with Crippen LogP contribution in [-0.2, 0) is 17.9 Å². The molecule has 0 spiro atoms. The van der Waals surface area contributed by atoms with Gasteiger partial charge in [-0.25, -0.2) is 4.39 Å². The molecule has 6 heteroatoms. The van der Waals surface area contributed by atoms with Crippen molar-refractivity contribution in [3.8, 4) is 0 Å². The largest absolute Gasteiger partial charge is 0.338 e. The summed E-state index contributed by atoms with van der Waals surface area (Å²) >= 11 is 7.44. The van der Waals surface area contributed by atoms with E-state index in [0.717, 1.165) is 14.8 Å². The molecular formula is C17H20ClFN2OS. The van der Waals surface area contributed by atoms with Crippen molar-refractivity contribution in [2.24, 2.45) is 0 Å². The molecule has 0 N–H and O–H groups in total. The van der Waals surface area contributed by atoms with Gasteiger partial charge in [-0.3, -0.25) is 9.69 Å². The van der Waals surface area contributed by atoms with Gasteiger partial charge in [-0.05, 0) is 43.8 Å². The summed E-state index contributed by atoms with van der Waals surface area (Å²) in [4.78, 5) is 17.2. The second-order valence-electron chi connectivity index (χ2n) is 5.42. The fourth-order valence-corrected chi connectivity index (χ4v) is 3.49. The van der Waals surface area contributed by atoms with E-state index in [4.69, 9.17) is 11.6 Å². The predicted molar refractivity (Wildman–Crippen MR) is 93.2 cm³/mol. The molecule has 1 amide bonds. The summed E-state index contributed by atoms with van der Waals surface area (Å²) in [7, 11) is 1.90. The van der Waals surface area contributed by atoms with Gasteiger partial charge < -0.3 is 4.90 Å². The maximum atomic E-state index is 13.3. The van der Waals surface area contributed by atoms with E-state index >= 15 is 0 Å². The second-order valence-corrected chi connectivity index (χ2v) is 7.22. The van der Waals surface area contributed by atoms with Crippen molar-refractivity contribution in [1.82, 2.24) is 9.80 Å². The average molecular weight is 355 g/mol. The summed E-state index contributed by atoms with van der Waals surface area (Å²) in [5.41, 5.74) is 0.799. The molecule has 23 heavy (non-hydrogen) atoms. The summed E-state index contributed by atoms with van der Waals surface area (Å²) < 4.78 is 14.0. The molecule has 124 valence electrons. The van der Waals surface area contributed by atoms with Gasteiger partial charge in [-0.1, -0.05) is 23.7 Å². The van der Waals surface area contributed by atoms with E-state index in [-0.39, 0.29) is 11.7 Å². The van der Waals surface area contributed by atoms with E-state index in [1.54, 1.807) is 11.0 Å². The van der Waals surface area contributed by atoms with Gasteiger partial charge in [-0.2, -0.15) is 0 Å². The highest BCUT2D eigenvalue weighted by Gasteiger charge is 2.15. The zero-order valence-electron chi connectivity index (χ0n) is 13.3. The van der Waals surface area contributed by atoms with E-state index in [1.165, 1.54) is 23.5 Å². The lowest BCUT2D eigenvalue weighted by Crippen LogP contribution is -2.38. The molecule has 0 fully saturated rings. The molecule has 0 radical (unpaired) electrons. The SMILES string of the molecule is CCN(Cc1cccc(F)c1)C(=O)CN(C)Cc1ccc(Cl)s1.